The first-order valence-electron chi connectivity index (χ1n) is 6.88. The van der Waals surface area contributed by atoms with Crippen LogP contribution in [-0.4, -0.2) is 20.1 Å². The average Bonchev–Trinajstić information content (AvgIpc) is 2.60. The van der Waals surface area contributed by atoms with Crippen molar-refractivity contribution in [3.8, 4) is 17.6 Å². The number of hydrogen-bond donors (Lipinski definition) is 1. The van der Waals surface area contributed by atoms with Gasteiger partial charge in [-0.05, 0) is 36.4 Å². The van der Waals surface area contributed by atoms with Crippen LogP contribution in [0.25, 0.3) is 6.08 Å². The predicted molar refractivity (Wildman–Crippen MR) is 88.2 cm³/mol. The fourth-order valence-electron chi connectivity index (χ4n) is 1.98. The summed E-state index contributed by atoms with van der Waals surface area (Å²) in [6.45, 7) is 0. The molecule has 0 aromatic heterocycles. The van der Waals surface area contributed by atoms with E-state index in [9.17, 15) is 10.1 Å². The zero-order chi connectivity index (χ0) is 16.7. The Morgan fingerprint density at radius 1 is 1.13 bits per heavy atom. The molecule has 116 valence electrons. The Hall–Kier alpha value is -3.26. The monoisotopic (exact) mass is 308 g/mol. The van der Waals surface area contributed by atoms with Gasteiger partial charge in [0, 0.05) is 11.3 Å². The van der Waals surface area contributed by atoms with Crippen molar-refractivity contribution in [1.82, 2.24) is 0 Å². The second-order valence-corrected chi connectivity index (χ2v) is 4.60. The molecule has 0 heterocycles. The van der Waals surface area contributed by atoms with E-state index in [1.165, 1.54) is 13.2 Å². The lowest BCUT2D eigenvalue weighted by molar-refractivity contribution is -0.112. The zero-order valence-corrected chi connectivity index (χ0v) is 12.9. The molecule has 0 saturated carbocycles. The van der Waals surface area contributed by atoms with Crippen LogP contribution >= 0.6 is 0 Å². The highest BCUT2D eigenvalue weighted by atomic mass is 16.5. The van der Waals surface area contributed by atoms with Gasteiger partial charge in [-0.25, -0.2) is 0 Å². The van der Waals surface area contributed by atoms with Crippen LogP contribution in [0.2, 0.25) is 0 Å². The lowest BCUT2D eigenvalue weighted by Gasteiger charge is -2.08. The molecule has 0 aliphatic carbocycles. The highest BCUT2D eigenvalue weighted by Crippen LogP contribution is 2.26. The summed E-state index contributed by atoms with van der Waals surface area (Å²) >= 11 is 0. The van der Waals surface area contributed by atoms with Crippen LogP contribution in [0, 0.1) is 11.3 Å². The van der Waals surface area contributed by atoms with E-state index in [-0.39, 0.29) is 5.57 Å². The standard InChI is InChI=1S/C18H16N2O3/c1-22-16-8-9-17(23-2)13(11-16)10-14(12-19)18(21)20-15-6-4-3-5-7-15/h3-11H,1-2H3,(H,20,21)/b14-10+. The third-order valence-corrected chi connectivity index (χ3v) is 3.13. The van der Waals surface area contributed by atoms with Crippen LogP contribution in [-0.2, 0) is 4.79 Å². The number of rotatable bonds is 5. The van der Waals surface area contributed by atoms with Crippen LogP contribution in [0.15, 0.2) is 54.1 Å². The minimum Gasteiger partial charge on any atom is -0.497 e. The summed E-state index contributed by atoms with van der Waals surface area (Å²) in [4.78, 5) is 12.2. The summed E-state index contributed by atoms with van der Waals surface area (Å²) < 4.78 is 10.4. The van der Waals surface area contributed by atoms with Gasteiger partial charge in [-0.3, -0.25) is 4.79 Å². The number of benzene rings is 2. The predicted octanol–water partition coefficient (Wildman–Crippen LogP) is 3.25. The number of hydrogen-bond acceptors (Lipinski definition) is 4. The van der Waals surface area contributed by atoms with E-state index in [0.717, 1.165) is 0 Å². The molecule has 0 fully saturated rings. The lowest BCUT2D eigenvalue weighted by Crippen LogP contribution is -2.13. The quantitative estimate of drug-likeness (QED) is 0.680. The van der Waals surface area contributed by atoms with Gasteiger partial charge >= 0.3 is 0 Å². The minimum atomic E-state index is -0.483. The number of amides is 1. The molecule has 0 aliphatic heterocycles. The SMILES string of the molecule is COc1ccc(OC)c(/C=C(\C#N)C(=O)Nc2ccccc2)c1. The molecule has 23 heavy (non-hydrogen) atoms. The van der Waals surface area contributed by atoms with Crippen LogP contribution < -0.4 is 14.8 Å². The molecule has 0 spiro atoms. The minimum absolute atomic E-state index is 0.0274. The van der Waals surface area contributed by atoms with E-state index in [1.54, 1.807) is 49.6 Å². The average molecular weight is 308 g/mol. The molecule has 2 aromatic carbocycles. The number of carbonyl (C=O) groups is 1. The van der Waals surface area contributed by atoms with Crippen molar-refractivity contribution < 1.29 is 14.3 Å². The maximum absolute atomic E-state index is 12.2. The van der Waals surface area contributed by atoms with E-state index < -0.39 is 5.91 Å². The van der Waals surface area contributed by atoms with Crippen molar-refractivity contribution in [2.45, 2.75) is 0 Å². The maximum Gasteiger partial charge on any atom is 0.266 e. The molecule has 2 aromatic rings. The van der Waals surface area contributed by atoms with Gasteiger partial charge in [0.15, 0.2) is 0 Å². The molecule has 2 rings (SSSR count). The first-order chi connectivity index (χ1) is 11.2. The van der Waals surface area contributed by atoms with Crippen molar-refractivity contribution in [2.24, 2.45) is 0 Å². The number of carbonyl (C=O) groups excluding carboxylic acids is 1. The van der Waals surface area contributed by atoms with E-state index in [1.807, 2.05) is 12.1 Å². The van der Waals surface area contributed by atoms with Crippen molar-refractivity contribution >= 4 is 17.7 Å². The van der Waals surface area contributed by atoms with Crippen molar-refractivity contribution in [1.29, 1.82) is 5.26 Å². The van der Waals surface area contributed by atoms with Crippen LogP contribution in [0.5, 0.6) is 11.5 Å². The van der Waals surface area contributed by atoms with Gasteiger partial charge in [-0.1, -0.05) is 18.2 Å². The highest BCUT2D eigenvalue weighted by Gasteiger charge is 2.11. The number of ether oxygens (including phenoxy) is 2. The first-order valence-corrected chi connectivity index (χ1v) is 6.88. The lowest BCUT2D eigenvalue weighted by atomic mass is 10.1. The van der Waals surface area contributed by atoms with Crippen molar-refractivity contribution in [2.75, 3.05) is 19.5 Å². The largest absolute Gasteiger partial charge is 0.497 e. The Morgan fingerprint density at radius 3 is 2.48 bits per heavy atom. The highest BCUT2D eigenvalue weighted by molar-refractivity contribution is 6.09. The Bertz CT molecular complexity index is 762. The number of anilines is 1. The molecule has 5 heteroatoms. The fraction of sp³-hybridized carbons (Fsp3) is 0.111. The van der Waals surface area contributed by atoms with Crippen LogP contribution in [0.1, 0.15) is 5.56 Å². The third kappa shape index (κ3) is 4.11. The maximum atomic E-state index is 12.2. The van der Waals surface area contributed by atoms with E-state index in [2.05, 4.69) is 5.32 Å². The molecule has 1 amide bonds. The second kappa shape index (κ2) is 7.66. The van der Waals surface area contributed by atoms with Crippen LogP contribution in [0.3, 0.4) is 0 Å². The summed E-state index contributed by atoms with van der Waals surface area (Å²) in [5.74, 6) is 0.674. The van der Waals surface area contributed by atoms with E-state index in [0.29, 0.717) is 22.7 Å². The first kappa shape index (κ1) is 16.1. The van der Waals surface area contributed by atoms with Gasteiger partial charge in [0.1, 0.15) is 23.1 Å². The van der Waals surface area contributed by atoms with Gasteiger partial charge in [0.2, 0.25) is 0 Å². The van der Waals surface area contributed by atoms with Gasteiger partial charge in [-0.2, -0.15) is 5.26 Å². The molecule has 0 saturated heterocycles. The van der Waals surface area contributed by atoms with Gasteiger partial charge in [0.25, 0.3) is 5.91 Å². The van der Waals surface area contributed by atoms with Crippen LogP contribution in [0.4, 0.5) is 5.69 Å². The van der Waals surface area contributed by atoms with E-state index >= 15 is 0 Å². The number of nitrogens with one attached hydrogen (secondary N) is 1. The zero-order valence-electron chi connectivity index (χ0n) is 12.9. The molecular formula is C18H16N2O3. The van der Waals surface area contributed by atoms with Gasteiger partial charge in [0.05, 0.1) is 14.2 Å². The Morgan fingerprint density at radius 2 is 1.87 bits per heavy atom. The molecule has 0 atom stereocenters. The molecule has 0 bridgehead atoms. The molecule has 0 radical (unpaired) electrons. The number of nitriles is 1. The van der Waals surface area contributed by atoms with Gasteiger partial charge in [-0.15, -0.1) is 0 Å². The summed E-state index contributed by atoms with van der Waals surface area (Å²) in [6.07, 6.45) is 1.47. The Kier molecular flexibility index (Phi) is 5.37. The second-order valence-electron chi connectivity index (χ2n) is 4.60. The molecular weight excluding hydrogens is 292 g/mol. The summed E-state index contributed by atoms with van der Waals surface area (Å²) in [5, 5.41) is 12.0. The number of methoxy groups -OCH3 is 2. The molecule has 5 nitrogen and oxygen atoms in total. The Labute approximate surface area is 134 Å². The number of para-hydroxylation sites is 1. The molecule has 0 aliphatic rings. The van der Waals surface area contributed by atoms with Crippen molar-refractivity contribution in [3.63, 3.8) is 0 Å². The van der Waals surface area contributed by atoms with E-state index in [4.69, 9.17) is 9.47 Å². The topological polar surface area (TPSA) is 71.3 Å². The smallest absolute Gasteiger partial charge is 0.266 e. The molecule has 1 N–H and O–H groups in total. The normalized spacial score (nSPS) is 10.6. The van der Waals surface area contributed by atoms with Crippen molar-refractivity contribution in [3.05, 3.63) is 59.7 Å². The summed E-state index contributed by atoms with van der Waals surface area (Å²) in [7, 11) is 3.07. The Balaban J connectivity index is 2.31. The van der Waals surface area contributed by atoms with Gasteiger partial charge < -0.3 is 14.8 Å². The molecule has 0 unspecified atom stereocenters. The summed E-state index contributed by atoms with van der Waals surface area (Å²) in [6, 6.07) is 16.0. The fourth-order valence-corrected chi connectivity index (χ4v) is 1.98. The summed E-state index contributed by atoms with van der Waals surface area (Å²) in [5.41, 5.74) is 1.18. The third-order valence-electron chi connectivity index (χ3n) is 3.13. The number of nitrogens with zero attached hydrogens (tertiary/aromatic N) is 1.